The molecule has 0 aliphatic rings. The molecular weight excluding hydrogens is 250 g/mol. The number of aromatic nitrogens is 2. The lowest BCUT2D eigenvalue weighted by atomic mass is 10.1. The van der Waals surface area contributed by atoms with Gasteiger partial charge < -0.3 is 10.3 Å². The largest absolute Gasteiger partial charge is 0.399 e. The summed E-state index contributed by atoms with van der Waals surface area (Å²) in [7, 11) is 0. The van der Waals surface area contributed by atoms with E-state index in [1.165, 1.54) is 0 Å². The number of halogens is 1. The summed E-state index contributed by atoms with van der Waals surface area (Å²) in [5, 5.41) is 0.470. The minimum Gasteiger partial charge on any atom is -0.399 e. The van der Waals surface area contributed by atoms with Gasteiger partial charge in [-0.05, 0) is 25.1 Å². The molecule has 0 fully saturated rings. The number of hydrogen-bond donors (Lipinski definition) is 1. The van der Waals surface area contributed by atoms with Crippen LogP contribution in [0.15, 0.2) is 30.6 Å². The van der Waals surface area contributed by atoms with E-state index in [-0.39, 0.29) is 12.2 Å². The number of Topliss-reactive ketones (excluding diaryl/α,β-unsaturated/α-hetero) is 1. The van der Waals surface area contributed by atoms with Crippen LogP contribution in [0.3, 0.4) is 0 Å². The molecule has 2 rings (SSSR count). The van der Waals surface area contributed by atoms with Crippen molar-refractivity contribution in [3.63, 3.8) is 0 Å². The summed E-state index contributed by atoms with van der Waals surface area (Å²) < 4.78 is 1.94. The summed E-state index contributed by atoms with van der Waals surface area (Å²) in [6.45, 7) is 2.80. The Morgan fingerprint density at radius 3 is 2.89 bits per heavy atom. The Morgan fingerprint density at radius 2 is 2.22 bits per heavy atom. The van der Waals surface area contributed by atoms with Crippen LogP contribution in [0.5, 0.6) is 0 Å². The van der Waals surface area contributed by atoms with Crippen molar-refractivity contribution in [2.24, 2.45) is 0 Å². The monoisotopic (exact) mass is 263 g/mol. The maximum Gasteiger partial charge on any atom is 0.170 e. The maximum atomic E-state index is 12.1. The van der Waals surface area contributed by atoms with E-state index in [2.05, 4.69) is 4.98 Å². The predicted octanol–water partition coefficient (Wildman–Crippen LogP) is 2.56. The Bertz CT molecular complexity index is 557. The third-order valence-corrected chi connectivity index (χ3v) is 2.92. The number of imidazole rings is 1. The van der Waals surface area contributed by atoms with E-state index in [0.29, 0.717) is 16.3 Å². The minimum atomic E-state index is -0.0369. The zero-order valence-electron chi connectivity index (χ0n) is 10.1. The zero-order valence-corrected chi connectivity index (χ0v) is 10.8. The van der Waals surface area contributed by atoms with Gasteiger partial charge in [-0.3, -0.25) is 4.79 Å². The number of hydrogen-bond acceptors (Lipinski definition) is 3. The molecule has 0 atom stereocenters. The van der Waals surface area contributed by atoms with Crippen LogP contribution >= 0.6 is 11.6 Å². The van der Waals surface area contributed by atoms with Crippen molar-refractivity contribution in [3.05, 3.63) is 47.0 Å². The molecule has 18 heavy (non-hydrogen) atoms. The fraction of sp³-hybridized carbons (Fsp3) is 0.231. The Morgan fingerprint density at radius 1 is 1.44 bits per heavy atom. The minimum absolute atomic E-state index is 0.0369. The summed E-state index contributed by atoms with van der Waals surface area (Å²) in [6, 6.07) is 4.87. The standard InChI is InChI=1S/C13H14ClN3O/c1-2-17-4-3-16-13(17)8-12(18)9-5-10(14)7-11(15)6-9/h3-7H,2,8,15H2,1H3. The fourth-order valence-electron chi connectivity index (χ4n) is 1.81. The average Bonchev–Trinajstić information content (AvgIpc) is 2.75. The van der Waals surface area contributed by atoms with Crippen LogP contribution < -0.4 is 5.73 Å². The lowest BCUT2D eigenvalue weighted by Crippen LogP contribution is -2.10. The van der Waals surface area contributed by atoms with Gasteiger partial charge in [0.1, 0.15) is 5.82 Å². The highest BCUT2D eigenvalue weighted by atomic mass is 35.5. The normalized spacial score (nSPS) is 10.6. The predicted molar refractivity (Wildman–Crippen MR) is 71.8 cm³/mol. The van der Waals surface area contributed by atoms with E-state index in [0.717, 1.165) is 12.4 Å². The first-order valence-corrected chi connectivity index (χ1v) is 6.07. The highest BCUT2D eigenvalue weighted by Gasteiger charge is 2.12. The smallest absolute Gasteiger partial charge is 0.170 e. The van der Waals surface area contributed by atoms with Gasteiger partial charge in [0.25, 0.3) is 0 Å². The second kappa shape index (κ2) is 5.23. The van der Waals surface area contributed by atoms with E-state index in [4.69, 9.17) is 17.3 Å². The van der Waals surface area contributed by atoms with Crippen LogP contribution in [0.25, 0.3) is 0 Å². The molecule has 0 saturated heterocycles. The lowest BCUT2D eigenvalue weighted by molar-refractivity contribution is 0.0990. The van der Waals surface area contributed by atoms with Gasteiger partial charge in [0.05, 0.1) is 6.42 Å². The number of aryl methyl sites for hydroxylation is 1. The highest BCUT2D eigenvalue weighted by Crippen LogP contribution is 2.18. The Hall–Kier alpha value is -1.81. The number of nitrogens with two attached hydrogens (primary N) is 1. The highest BCUT2D eigenvalue weighted by molar-refractivity contribution is 6.31. The van der Waals surface area contributed by atoms with E-state index >= 15 is 0 Å². The Balaban J connectivity index is 2.22. The average molecular weight is 264 g/mol. The van der Waals surface area contributed by atoms with Crippen molar-refractivity contribution in [3.8, 4) is 0 Å². The van der Waals surface area contributed by atoms with Crippen LogP contribution in [-0.2, 0) is 13.0 Å². The number of nitrogens with zero attached hydrogens (tertiary/aromatic N) is 2. The zero-order chi connectivity index (χ0) is 13.1. The van der Waals surface area contributed by atoms with Crippen molar-refractivity contribution in [2.45, 2.75) is 19.9 Å². The first-order valence-electron chi connectivity index (χ1n) is 5.69. The van der Waals surface area contributed by atoms with E-state index in [9.17, 15) is 4.79 Å². The molecule has 94 valence electrons. The fourth-order valence-corrected chi connectivity index (χ4v) is 2.06. The van der Waals surface area contributed by atoms with Crippen molar-refractivity contribution in [2.75, 3.05) is 5.73 Å². The Kier molecular flexibility index (Phi) is 3.67. The number of ketones is 1. The van der Waals surface area contributed by atoms with Crippen LogP contribution in [0.4, 0.5) is 5.69 Å². The summed E-state index contributed by atoms with van der Waals surface area (Å²) in [5.41, 5.74) is 6.68. The molecule has 0 aliphatic heterocycles. The summed E-state index contributed by atoms with van der Waals surface area (Å²) in [6.07, 6.45) is 3.80. The van der Waals surface area contributed by atoms with Gasteiger partial charge in [-0.1, -0.05) is 11.6 Å². The third-order valence-electron chi connectivity index (χ3n) is 2.70. The molecule has 0 radical (unpaired) electrons. The molecular formula is C13H14ClN3O. The molecule has 0 aliphatic carbocycles. The lowest BCUT2D eigenvalue weighted by Gasteiger charge is -2.05. The topological polar surface area (TPSA) is 60.9 Å². The van der Waals surface area contributed by atoms with E-state index < -0.39 is 0 Å². The molecule has 0 unspecified atom stereocenters. The summed E-state index contributed by atoms with van der Waals surface area (Å²) in [4.78, 5) is 16.3. The van der Waals surface area contributed by atoms with E-state index in [1.807, 2.05) is 17.7 Å². The molecule has 1 aromatic carbocycles. The van der Waals surface area contributed by atoms with Gasteiger partial charge in [0.2, 0.25) is 0 Å². The maximum absolute atomic E-state index is 12.1. The summed E-state index contributed by atoms with van der Waals surface area (Å²) >= 11 is 5.88. The quantitative estimate of drug-likeness (QED) is 0.681. The van der Waals surface area contributed by atoms with Crippen molar-refractivity contribution >= 4 is 23.1 Å². The van der Waals surface area contributed by atoms with Crippen LogP contribution in [0.1, 0.15) is 23.1 Å². The van der Waals surface area contributed by atoms with Crippen molar-refractivity contribution in [1.82, 2.24) is 9.55 Å². The van der Waals surface area contributed by atoms with E-state index in [1.54, 1.807) is 24.4 Å². The van der Waals surface area contributed by atoms with Crippen molar-refractivity contribution < 1.29 is 4.79 Å². The number of anilines is 1. The van der Waals surface area contributed by atoms with Crippen LogP contribution in [0, 0.1) is 0 Å². The molecule has 2 N–H and O–H groups in total. The van der Waals surface area contributed by atoms with Gasteiger partial charge in [-0.2, -0.15) is 0 Å². The Labute approximate surface area is 110 Å². The van der Waals surface area contributed by atoms with Gasteiger partial charge >= 0.3 is 0 Å². The molecule has 4 nitrogen and oxygen atoms in total. The van der Waals surface area contributed by atoms with Crippen molar-refractivity contribution in [1.29, 1.82) is 0 Å². The second-order valence-electron chi connectivity index (χ2n) is 4.00. The number of carbonyl (C=O) groups is 1. The molecule has 1 heterocycles. The molecule has 1 aromatic heterocycles. The SMILES string of the molecule is CCn1ccnc1CC(=O)c1cc(N)cc(Cl)c1. The third kappa shape index (κ3) is 2.71. The first kappa shape index (κ1) is 12.6. The van der Waals surface area contributed by atoms with Crippen LogP contribution in [0.2, 0.25) is 5.02 Å². The number of benzene rings is 1. The molecule has 5 heteroatoms. The molecule has 0 saturated carbocycles. The van der Waals surface area contributed by atoms with Gasteiger partial charge in [0, 0.05) is 35.2 Å². The summed E-state index contributed by atoms with van der Waals surface area (Å²) in [5.74, 6) is 0.714. The second-order valence-corrected chi connectivity index (χ2v) is 4.44. The molecule has 0 spiro atoms. The van der Waals surface area contributed by atoms with Gasteiger partial charge in [-0.15, -0.1) is 0 Å². The first-order chi connectivity index (χ1) is 8.60. The number of carbonyl (C=O) groups excluding carboxylic acids is 1. The van der Waals surface area contributed by atoms with Crippen LogP contribution in [-0.4, -0.2) is 15.3 Å². The molecule has 0 amide bonds. The van der Waals surface area contributed by atoms with Gasteiger partial charge in [0.15, 0.2) is 5.78 Å². The molecule has 2 aromatic rings. The molecule has 0 bridgehead atoms. The van der Waals surface area contributed by atoms with Gasteiger partial charge in [-0.25, -0.2) is 4.98 Å². The number of rotatable bonds is 4. The number of nitrogen functional groups attached to an aromatic ring is 1.